The van der Waals surface area contributed by atoms with Gasteiger partial charge in [0.25, 0.3) is 0 Å². The Morgan fingerprint density at radius 3 is 2.77 bits per heavy atom. The summed E-state index contributed by atoms with van der Waals surface area (Å²) in [4.78, 5) is 0. The number of fused-ring (bicyclic) bond motifs is 5. The first-order valence-electron chi connectivity index (χ1n) is 9.07. The molecule has 0 radical (unpaired) electrons. The maximum Gasteiger partial charge on any atom is 0.119 e. The first-order chi connectivity index (χ1) is 10.5. The number of aromatic hydroxyl groups is 1. The lowest BCUT2D eigenvalue weighted by atomic mass is 9.55. The van der Waals surface area contributed by atoms with Gasteiger partial charge in [0.05, 0.1) is 6.10 Å². The van der Waals surface area contributed by atoms with Crippen LogP contribution in [0.25, 0.3) is 0 Å². The molecule has 2 fully saturated rings. The molecule has 0 heterocycles. The fourth-order valence-corrected chi connectivity index (χ4v) is 5.91. The maximum atomic E-state index is 10.5. The number of rotatable bonds is 1. The van der Waals surface area contributed by atoms with E-state index in [0.29, 0.717) is 17.6 Å². The van der Waals surface area contributed by atoms with Crippen LogP contribution in [-0.4, -0.2) is 16.3 Å². The number of hydrogen-bond donors (Lipinski definition) is 2. The van der Waals surface area contributed by atoms with Crippen LogP contribution in [0.2, 0.25) is 0 Å². The van der Waals surface area contributed by atoms with Crippen LogP contribution in [0.5, 0.6) is 5.75 Å². The van der Waals surface area contributed by atoms with E-state index in [-0.39, 0.29) is 11.5 Å². The van der Waals surface area contributed by atoms with Gasteiger partial charge in [0.2, 0.25) is 0 Å². The Labute approximate surface area is 133 Å². The fraction of sp³-hybridized carbons (Fsp3) is 0.700. The highest BCUT2D eigenvalue weighted by Crippen LogP contribution is 2.61. The van der Waals surface area contributed by atoms with Crippen LogP contribution >= 0.6 is 0 Å². The highest BCUT2D eigenvalue weighted by molar-refractivity contribution is 5.45. The van der Waals surface area contributed by atoms with Crippen LogP contribution < -0.4 is 0 Å². The van der Waals surface area contributed by atoms with Crippen LogP contribution in [0.4, 0.5) is 0 Å². The van der Waals surface area contributed by atoms with E-state index in [2.05, 4.69) is 19.9 Å². The molecule has 3 aliphatic rings. The van der Waals surface area contributed by atoms with Crippen LogP contribution in [0.3, 0.4) is 0 Å². The minimum Gasteiger partial charge on any atom is -0.508 e. The highest BCUT2D eigenvalue weighted by atomic mass is 16.3. The number of hydrogen-bond acceptors (Lipinski definition) is 2. The Hall–Kier alpha value is -1.02. The summed E-state index contributed by atoms with van der Waals surface area (Å²) in [5.41, 5.74) is 4.13. The van der Waals surface area contributed by atoms with Crippen molar-refractivity contribution in [1.29, 1.82) is 0 Å². The van der Waals surface area contributed by atoms with E-state index in [1.54, 1.807) is 0 Å². The molecule has 1 aromatic carbocycles. The Morgan fingerprint density at radius 2 is 2.00 bits per heavy atom. The predicted octanol–water partition coefficient (Wildman–Crippen LogP) is 4.17. The standard InChI is InChI=1S/C20H28O2/c1-3-12-10-16-13(11-18(12)21)4-5-15-14(16)8-9-20(2)17(15)6-7-19(20)22/h10-11,14-15,17,19,21-22H,3-9H2,1-2H3/t14-,15+,17-,19+,20-/m0/s1. The van der Waals surface area contributed by atoms with Gasteiger partial charge in [0.15, 0.2) is 0 Å². The summed E-state index contributed by atoms with van der Waals surface area (Å²) in [6.07, 6.45) is 7.69. The van der Waals surface area contributed by atoms with Crippen molar-refractivity contribution in [1.82, 2.24) is 0 Å². The second-order valence-electron chi connectivity index (χ2n) is 8.09. The smallest absolute Gasteiger partial charge is 0.119 e. The molecule has 0 saturated heterocycles. The van der Waals surface area contributed by atoms with Gasteiger partial charge in [-0.15, -0.1) is 0 Å². The van der Waals surface area contributed by atoms with Crippen molar-refractivity contribution in [2.24, 2.45) is 17.3 Å². The van der Waals surface area contributed by atoms with Crippen molar-refractivity contribution < 1.29 is 10.2 Å². The predicted molar refractivity (Wildman–Crippen MR) is 88.1 cm³/mol. The summed E-state index contributed by atoms with van der Waals surface area (Å²) in [5, 5.41) is 20.6. The van der Waals surface area contributed by atoms with Crippen molar-refractivity contribution in [3.8, 4) is 5.75 Å². The summed E-state index contributed by atoms with van der Waals surface area (Å²) in [7, 11) is 0. The Balaban J connectivity index is 1.72. The SMILES string of the molecule is CCc1cc2c(cc1O)CC[C@@H]1[C@@H]2CC[C@]2(C)[C@H](O)CC[C@@H]12. The first kappa shape index (κ1) is 14.6. The third-order valence-electron chi connectivity index (χ3n) is 7.25. The van der Waals surface area contributed by atoms with Gasteiger partial charge < -0.3 is 10.2 Å². The zero-order valence-electron chi connectivity index (χ0n) is 13.8. The Kier molecular flexibility index (Phi) is 3.30. The van der Waals surface area contributed by atoms with E-state index < -0.39 is 0 Å². The summed E-state index contributed by atoms with van der Waals surface area (Å²) in [6.45, 7) is 4.45. The molecule has 2 nitrogen and oxygen atoms in total. The molecule has 0 aliphatic heterocycles. The molecule has 0 bridgehead atoms. The minimum atomic E-state index is -0.0918. The quantitative estimate of drug-likeness (QED) is 0.817. The molecule has 2 heteroatoms. The second kappa shape index (κ2) is 4.99. The van der Waals surface area contributed by atoms with Gasteiger partial charge in [-0.3, -0.25) is 0 Å². The molecule has 1 aromatic rings. The molecule has 3 aliphatic carbocycles. The zero-order valence-corrected chi connectivity index (χ0v) is 13.8. The lowest BCUT2D eigenvalue weighted by molar-refractivity contribution is -0.0226. The molecule has 4 rings (SSSR count). The van der Waals surface area contributed by atoms with Gasteiger partial charge in [-0.1, -0.05) is 19.9 Å². The van der Waals surface area contributed by atoms with Crippen molar-refractivity contribution in [2.75, 3.05) is 0 Å². The molecule has 0 spiro atoms. The Bertz CT molecular complexity index is 594. The lowest BCUT2D eigenvalue weighted by Crippen LogP contribution is -2.43. The molecular weight excluding hydrogens is 272 g/mol. The first-order valence-corrected chi connectivity index (χ1v) is 9.07. The Morgan fingerprint density at radius 1 is 1.18 bits per heavy atom. The topological polar surface area (TPSA) is 40.5 Å². The highest BCUT2D eigenvalue weighted by Gasteiger charge is 2.54. The van der Waals surface area contributed by atoms with Gasteiger partial charge >= 0.3 is 0 Å². The summed E-state index contributed by atoms with van der Waals surface area (Å²) in [5.74, 6) is 2.56. The van der Waals surface area contributed by atoms with Gasteiger partial charge in [0.1, 0.15) is 5.75 Å². The van der Waals surface area contributed by atoms with E-state index in [1.807, 2.05) is 6.07 Å². The van der Waals surface area contributed by atoms with Crippen molar-refractivity contribution >= 4 is 0 Å². The van der Waals surface area contributed by atoms with Gasteiger partial charge in [-0.2, -0.15) is 0 Å². The van der Waals surface area contributed by atoms with E-state index in [0.717, 1.165) is 37.2 Å². The third kappa shape index (κ3) is 1.89. The molecule has 0 amide bonds. The lowest BCUT2D eigenvalue weighted by Gasteiger charge is -2.50. The third-order valence-corrected chi connectivity index (χ3v) is 7.25. The van der Waals surface area contributed by atoms with Crippen LogP contribution in [0.1, 0.15) is 68.6 Å². The molecule has 22 heavy (non-hydrogen) atoms. The molecular formula is C20H28O2. The molecule has 120 valence electrons. The molecule has 2 N–H and O–H groups in total. The normalized spacial score (nSPS) is 40.0. The maximum absolute atomic E-state index is 10.5. The zero-order chi connectivity index (χ0) is 15.5. The van der Waals surface area contributed by atoms with Crippen molar-refractivity contribution in [2.45, 2.75) is 70.8 Å². The van der Waals surface area contributed by atoms with Crippen LogP contribution in [0, 0.1) is 17.3 Å². The minimum absolute atomic E-state index is 0.0918. The van der Waals surface area contributed by atoms with Gasteiger partial charge in [-0.25, -0.2) is 0 Å². The monoisotopic (exact) mass is 300 g/mol. The fourth-order valence-electron chi connectivity index (χ4n) is 5.91. The summed E-state index contributed by atoms with van der Waals surface area (Å²) < 4.78 is 0. The van der Waals surface area contributed by atoms with E-state index in [1.165, 1.54) is 30.4 Å². The average molecular weight is 300 g/mol. The largest absolute Gasteiger partial charge is 0.508 e. The molecule has 5 atom stereocenters. The second-order valence-corrected chi connectivity index (χ2v) is 8.09. The van der Waals surface area contributed by atoms with Gasteiger partial charge in [-0.05, 0) is 90.9 Å². The molecule has 0 unspecified atom stereocenters. The average Bonchev–Trinajstić information content (AvgIpc) is 2.82. The number of aliphatic hydroxyl groups is 1. The number of phenolic OH excluding ortho intramolecular Hbond substituents is 1. The molecule has 2 saturated carbocycles. The van der Waals surface area contributed by atoms with Crippen molar-refractivity contribution in [3.05, 3.63) is 28.8 Å². The molecule has 0 aromatic heterocycles. The van der Waals surface area contributed by atoms with E-state index in [4.69, 9.17) is 0 Å². The van der Waals surface area contributed by atoms with Gasteiger partial charge in [0, 0.05) is 0 Å². The number of benzene rings is 1. The van der Waals surface area contributed by atoms with Crippen molar-refractivity contribution in [3.63, 3.8) is 0 Å². The summed E-state index contributed by atoms with van der Waals surface area (Å²) in [6, 6.07) is 4.32. The summed E-state index contributed by atoms with van der Waals surface area (Å²) >= 11 is 0. The van der Waals surface area contributed by atoms with E-state index >= 15 is 0 Å². The van der Waals surface area contributed by atoms with Crippen LogP contribution in [-0.2, 0) is 12.8 Å². The van der Waals surface area contributed by atoms with E-state index in [9.17, 15) is 10.2 Å². The number of phenols is 1. The van der Waals surface area contributed by atoms with Crippen LogP contribution in [0.15, 0.2) is 12.1 Å². The number of aryl methyl sites for hydroxylation is 2. The number of aliphatic hydroxyl groups excluding tert-OH is 1.